The molecule has 1 aliphatic heterocycles. The lowest BCUT2D eigenvalue weighted by Gasteiger charge is -2.55. The van der Waals surface area contributed by atoms with Gasteiger partial charge in [-0.1, -0.05) is 51.8 Å². The van der Waals surface area contributed by atoms with E-state index in [4.69, 9.17) is 5.87 Å². The standard InChI is InChI=1S/C24H46S/c1-6-7-9-21-16-23(17-21)19(2)14-20-10-8-11-24-18-22(15-20)12-13-25(24,3,4)5/h19-24H,3,6-18H2,1-2,4-5H3. The van der Waals surface area contributed by atoms with Crippen molar-refractivity contribution in [3.63, 3.8) is 0 Å². The summed E-state index contributed by atoms with van der Waals surface area (Å²) < 4.78 is 0. The van der Waals surface area contributed by atoms with Gasteiger partial charge in [0.1, 0.15) is 0 Å². The van der Waals surface area contributed by atoms with Crippen LogP contribution in [0, 0.1) is 29.6 Å². The minimum absolute atomic E-state index is 0.972. The zero-order valence-corrected chi connectivity index (χ0v) is 18.6. The maximum Gasteiger partial charge on any atom is -0.0147 e. The Morgan fingerprint density at radius 2 is 1.76 bits per heavy atom. The van der Waals surface area contributed by atoms with Crippen LogP contribution in [0.3, 0.4) is 0 Å². The Morgan fingerprint density at radius 3 is 2.48 bits per heavy atom. The van der Waals surface area contributed by atoms with Gasteiger partial charge in [-0.25, -0.2) is 0 Å². The summed E-state index contributed by atoms with van der Waals surface area (Å²) in [5.41, 5.74) is 0. The number of hydrogen-bond acceptors (Lipinski definition) is 0. The fraction of sp³-hybridized carbons (Fsp3) is 0.958. The molecule has 3 rings (SSSR count). The summed E-state index contributed by atoms with van der Waals surface area (Å²) in [6.07, 6.45) is 23.2. The summed E-state index contributed by atoms with van der Waals surface area (Å²) in [5, 5.41) is 0.972. The molecule has 0 aromatic rings. The molecular formula is C24H46S. The van der Waals surface area contributed by atoms with Gasteiger partial charge < -0.3 is 0 Å². The minimum atomic E-state index is -1.32. The van der Waals surface area contributed by atoms with Crippen LogP contribution in [0.1, 0.15) is 90.9 Å². The lowest BCUT2D eigenvalue weighted by molar-refractivity contribution is 0.100. The van der Waals surface area contributed by atoms with Crippen molar-refractivity contribution in [2.24, 2.45) is 29.6 Å². The molecule has 0 aromatic heterocycles. The molecule has 4 unspecified atom stereocenters. The molecule has 1 saturated heterocycles. The van der Waals surface area contributed by atoms with Crippen molar-refractivity contribution in [1.82, 2.24) is 0 Å². The molecule has 1 heterocycles. The van der Waals surface area contributed by atoms with Crippen LogP contribution >= 0.6 is 8.75 Å². The topological polar surface area (TPSA) is 0 Å². The van der Waals surface area contributed by atoms with Crippen LogP contribution in [-0.4, -0.2) is 29.4 Å². The number of hydrogen-bond donors (Lipinski definition) is 0. The van der Waals surface area contributed by atoms with E-state index in [0.29, 0.717) is 0 Å². The Bertz CT molecular complexity index is 492. The Kier molecular flexibility index (Phi) is 6.14. The van der Waals surface area contributed by atoms with Gasteiger partial charge in [0.15, 0.2) is 0 Å². The zero-order valence-electron chi connectivity index (χ0n) is 17.8. The SMILES string of the molecule is C=S1(C)(C)CCC2CC(CC(C)C3CC(CCCC)C3)CCCC1C2. The van der Waals surface area contributed by atoms with E-state index in [2.05, 4.69) is 26.4 Å². The first kappa shape index (κ1) is 20.0. The number of rotatable bonds is 6. The Balaban J connectivity index is 1.47. The first-order valence-electron chi connectivity index (χ1n) is 11.5. The molecule has 2 aliphatic carbocycles. The highest BCUT2D eigenvalue weighted by Crippen LogP contribution is 2.62. The van der Waals surface area contributed by atoms with Gasteiger partial charge in [-0.15, -0.1) is 0 Å². The van der Waals surface area contributed by atoms with E-state index in [0.717, 1.165) is 34.8 Å². The van der Waals surface area contributed by atoms with Crippen LogP contribution in [-0.2, 0) is 0 Å². The molecule has 0 N–H and O–H groups in total. The highest BCUT2D eigenvalue weighted by molar-refractivity contribution is 8.46. The van der Waals surface area contributed by atoms with E-state index >= 15 is 0 Å². The Hall–Kier alpha value is 0.220. The molecule has 0 amide bonds. The maximum absolute atomic E-state index is 4.80. The van der Waals surface area contributed by atoms with Crippen LogP contribution in [0.5, 0.6) is 0 Å². The van der Waals surface area contributed by atoms with Gasteiger partial charge in [-0.3, -0.25) is 8.75 Å². The molecule has 2 saturated carbocycles. The van der Waals surface area contributed by atoms with E-state index in [1.165, 1.54) is 63.5 Å². The van der Waals surface area contributed by atoms with E-state index in [1.54, 1.807) is 19.3 Å². The summed E-state index contributed by atoms with van der Waals surface area (Å²) in [4.78, 5) is 0. The van der Waals surface area contributed by atoms with Crippen molar-refractivity contribution < 1.29 is 0 Å². The molecule has 25 heavy (non-hydrogen) atoms. The van der Waals surface area contributed by atoms with Crippen LogP contribution in [0.15, 0.2) is 0 Å². The normalized spacial score (nSPS) is 42.9. The molecular weight excluding hydrogens is 320 g/mol. The third kappa shape index (κ3) is 4.94. The van der Waals surface area contributed by atoms with Crippen LogP contribution < -0.4 is 0 Å². The van der Waals surface area contributed by atoms with Crippen LogP contribution in [0.25, 0.3) is 0 Å². The van der Waals surface area contributed by atoms with Gasteiger partial charge >= 0.3 is 0 Å². The number of unbranched alkanes of at least 4 members (excludes halogenated alkanes) is 1. The smallest absolute Gasteiger partial charge is 0.0147 e. The van der Waals surface area contributed by atoms with Gasteiger partial charge in [-0.2, -0.15) is 0 Å². The third-order valence-electron chi connectivity index (χ3n) is 8.48. The molecule has 2 bridgehead atoms. The second-order valence-electron chi connectivity index (χ2n) is 11.3. The number of fused-ring (bicyclic) bond motifs is 2. The van der Waals surface area contributed by atoms with E-state index in [-0.39, 0.29) is 0 Å². The molecule has 0 spiro atoms. The molecule has 0 radical (unpaired) electrons. The summed E-state index contributed by atoms with van der Waals surface area (Å²) in [6.45, 7) is 4.92. The molecule has 0 aromatic carbocycles. The first-order valence-corrected chi connectivity index (χ1v) is 14.7. The summed E-state index contributed by atoms with van der Waals surface area (Å²) >= 11 is 0. The fourth-order valence-electron chi connectivity index (χ4n) is 6.41. The van der Waals surface area contributed by atoms with Crippen molar-refractivity contribution in [1.29, 1.82) is 0 Å². The molecule has 1 heteroatoms. The predicted molar refractivity (Wildman–Crippen MR) is 119 cm³/mol. The van der Waals surface area contributed by atoms with Crippen LogP contribution in [0.4, 0.5) is 0 Å². The monoisotopic (exact) mass is 366 g/mol. The average Bonchev–Trinajstić information content (AvgIpc) is 2.45. The van der Waals surface area contributed by atoms with E-state index in [9.17, 15) is 0 Å². The first-order chi connectivity index (χ1) is 11.7. The zero-order chi connectivity index (χ0) is 18.1. The summed E-state index contributed by atoms with van der Waals surface area (Å²) in [6, 6.07) is 0. The van der Waals surface area contributed by atoms with Gasteiger partial charge in [0, 0.05) is 0 Å². The largest absolute Gasteiger partial charge is 0.253 e. The summed E-state index contributed by atoms with van der Waals surface area (Å²) in [5.74, 6) is 11.5. The molecule has 0 nitrogen and oxygen atoms in total. The average molecular weight is 367 g/mol. The lowest BCUT2D eigenvalue weighted by Crippen LogP contribution is -2.36. The van der Waals surface area contributed by atoms with Gasteiger partial charge in [0.25, 0.3) is 0 Å². The second-order valence-corrected chi connectivity index (χ2v) is 17.5. The summed E-state index contributed by atoms with van der Waals surface area (Å²) in [7, 11) is -1.32. The minimum Gasteiger partial charge on any atom is -0.253 e. The lowest BCUT2D eigenvalue weighted by atomic mass is 9.65. The highest BCUT2D eigenvalue weighted by Gasteiger charge is 2.39. The molecule has 4 atom stereocenters. The van der Waals surface area contributed by atoms with Crippen molar-refractivity contribution in [3.8, 4) is 0 Å². The molecule has 3 fully saturated rings. The van der Waals surface area contributed by atoms with Gasteiger partial charge in [-0.05, 0) is 98.0 Å². The van der Waals surface area contributed by atoms with Crippen LogP contribution in [0.2, 0.25) is 0 Å². The molecule has 3 aliphatic rings. The van der Waals surface area contributed by atoms with E-state index in [1.807, 2.05) is 0 Å². The van der Waals surface area contributed by atoms with Crippen molar-refractivity contribution in [2.45, 2.75) is 96.1 Å². The quantitative estimate of drug-likeness (QED) is 0.435. The van der Waals surface area contributed by atoms with Crippen molar-refractivity contribution in [2.75, 3.05) is 18.3 Å². The van der Waals surface area contributed by atoms with Crippen molar-refractivity contribution in [3.05, 3.63) is 0 Å². The van der Waals surface area contributed by atoms with Gasteiger partial charge in [0.2, 0.25) is 0 Å². The van der Waals surface area contributed by atoms with Gasteiger partial charge in [0.05, 0.1) is 0 Å². The maximum atomic E-state index is 4.80. The fourth-order valence-corrected chi connectivity index (χ4v) is 9.75. The van der Waals surface area contributed by atoms with E-state index < -0.39 is 8.75 Å². The Labute approximate surface area is 158 Å². The third-order valence-corrected chi connectivity index (χ3v) is 12.8. The predicted octanol–water partition coefficient (Wildman–Crippen LogP) is 7.23. The highest BCUT2D eigenvalue weighted by atomic mass is 32.3. The Morgan fingerprint density at radius 1 is 1.00 bits per heavy atom. The second kappa shape index (κ2) is 7.69. The van der Waals surface area contributed by atoms with Crippen molar-refractivity contribution >= 4 is 14.6 Å². The molecule has 148 valence electrons.